The van der Waals surface area contributed by atoms with Crippen LogP contribution in [0.1, 0.15) is 20.8 Å². The van der Waals surface area contributed by atoms with E-state index >= 15 is 0 Å². The number of benzene rings is 2. The van der Waals surface area contributed by atoms with Crippen LogP contribution < -0.4 is 5.32 Å². The first-order valence-corrected chi connectivity index (χ1v) is 8.98. The number of anilines is 1. The van der Waals surface area contributed by atoms with E-state index in [0.29, 0.717) is 21.5 Å². The number of thiophene rings is 1. The van der Waals surface area contributed by atoms with Crippen molar-refractivity contribution in [3.05, 3.63) is 64.3 Å². The maximum Gasteiger partial charge on any atom is 0.264 e. The summed E-state index contributed by atoms with van der Waals surface area (Å²) in [5, 5.41) is 3.24. The highest BCUT2D eigenvalue weighted by Gasteiger charge is 2.22. The van der Waals surface area contributed by atoms with Gasteiger partial charge in [0, 0.05) is 22.8 Å². The fourth-order valence-corrected chi connectivity index (χ4v) is 3.97. The lowest BCUT2D eigenvalue weighted by molar-refractivity contribution is -0.116. The van der Waals surface area contributed by atoms with Gasteiger partial charge in [-0.15, -0.1) is 11.3 Å². The molecule has 26 heavy (non-hydrogen) atoms. The first kappa shape index (κ1) is 18.1. The van der Waals surface area contributed by atoms with Crippen LogP contribution in [0.3, 0.4) is 0 Å². The molecule has 0 radical (unpaired) electrons. The van der Waals surface area contributed by atoms with Crippen molar-refractivity contribution in [2.75, 3.05) is 18.9 Å². The molecule has 2 aromatic carbocycles. The van der Waals surface area contributed by atoms with Gasteiger partial charge in [0.05, 0.1) is 11.4 Å². The predicted molar refractivity (Wildman–Crippen MR) is 103 cm³/mol. The number of hydrogen-bond acceptors (Lipinski definition) is 3. The highest BCUT2D eigenvalue weighted by atomic mass is 32.1. The van der Waals surface area contributed by atoms with Crippen molar-refractivity contribution in [3.63, 3.8) is 0 Å². The van der Waals surface area contributed by atoms with Crippen LogP contribution in [0.2, 0.25) is 0 Å². The topological polar surface area (TPSA) is 49.4 Å². The average molecular weight is 370 g/mol. The lowest BCUT2D eigenvalue weighted by Gasteiger charge is -2.16. The van der Waals surface area contributed by atoms with E-state index in [1.807, 2.05) is 31.2 Å². The van der Waals surface area contributed by atoms with Gasteiger partial charge in [-0.1, -0.05) is 23.8 Å². The number of rotatable bonds is 4. The molecule has 134 valence electrons. The summed E-state index contributed by atoms with van der Waals surface area (Å²) >= 11 is 1.24. The molecule has 0 bridgehead atoms. The number of nitrogens with one attached hydrogen (secondary N) is 1. The number of aryl methyl sites for hydroxylation is 2. The van der Waals surface area contributed by atoms with Crippen molar-refractivity contribution >= 4 is 38.9 Å². The van der Waals surface area contributed by atoms with E-state index in [1.165, 1.54) is 22.3 Å². The molecule has 0 spiro atoms. The summed E-state index contributed by atoms with van der Waals surface area (Å²) in [5.41, 5.74) is 2.39. The monoisotopic (exact) mass is 370 g/mol. The smallest absolute Gasteiger partial charge is 0.264 e. The third kappa shape index (κ3) is 3.60. The van der Waals surface area contributed by atoms with Gasteiger partial charge in [0.25, 0.3) is 5.91 Å². The standard InChI is InChI=1S/C20H19FN2O2S/c1-12-7-9-14(10-8-12)22-17(24)11-23(3)20(25)19-13(2)18-15(21)5-4-6-16(18)26-19/h4-10H,11H2,1-3H3,(H,22,24). The number of carbonyl (C=O) groups excluding carboxylic acids is 2. The van der Waals surface area contributed by atoms with Crippen molar-refractivity contribution < 1.29 is 14.0 Å². The van der Waals surface area contributed by atoms with E-state index in [1.54, 1.807) is 26.1 Å². The molecule has 1 N–H and O–H groups in total. The Bertz CT molecular complexity index is 979. The molecule has 0 saturated carbocycles. The molecule has 0 fully saturated rings. The minimum Gasteiger partial charge on any atom is -0.332 e. The van der Waals surface area contributed by atoms with Gasteiger partial charge in [0.1, 0.15) is 5.82 Å². The third-order valence-electron chi connectivity index (χ3n) is 4.16. The zero-order chi connectivity index (χ0) is 18.8. The molecule has 2 amide bonds. The number of hydrogen-bond donors (Lipinski definition) is 1. The Morgan fingerprint density at radius 3 is 2.46 bits per heavy atom. The Morgan fingerprint density at radius 1 is 1.12 bits per heavy atom. The van der Waals surface area contributed by atoms with Gasteiger partial charge in [-0.25, -0.2) is 4.39 Å². The van der Waals surface area contributed by atoms with Crippen molar-refractivity contribution in [3.8, 4) is 0 Å². The molecular formula is C20H19FN2O2S. The van der Waals surface area contributed by atoms with Crippen LogP contribution >= 0.6 is 11.3 Å². The van der Waals surface area contributed by atoms with E-state index in [0.717, 1.165) is 10.3 Å². The number of likely N-dealkylation sites (N-methyl/N-ethyl adjacent to an activating group) is 1. The SMILES string of the molecule is Cc1ccc(NC(=O)CN(C)C(=O)c2sc3cccc(F)c3c2C)cc1. The fourth-order valence-electron chi connectivity index (χ4n) is 2.76. The second kappa shape index (κ2) is 7.25. The summed E-state index contributed by atoms with van der Waals surface area (Å²) in [5.74, 6) is -0.910. The molecule has 1 aromatic heterocycles. The molecule has 3 rings (SSSR count). The quantitative estimate of drug-likeness (QED) is 0.741. The summed E-state index contributed by atoms with van der Waals surface area (Å²) in [6.07, 6.45) is 0. The summed E-state index contributed by atoms with van der Waals surface area (Å²) in [6, 6.07) is 12.2. The minimum absolute atomic E-state index is 0.0805. The molecule has 0 aliphatic carbocycles. The predicted octanol–water partition coefficient (Wildman–Crippen LogP) is 4.37. The second-order valence-corrected chi connectivity index (χ2v) is 7.30. The van der Waals surface area contributed by atoms with E-state index in [4.69, 9.17) is 0 Å². The Labute approximate surface area is 155 Å². The molecule has 0 aliphatic heterocycles. The molecule has 0 atom stereocenters. The second-order valence-electron chi connectivity index (χ2n) is 6.24. The molecule has 4 nitrogen and oxygen atoms in total. The number of halogens is 1. The van der Waals surface area contributed by atoms with E-state index < -0.39 is 0 Å². The fraction of sp³-hybridized carbons (Fsp3) is 0.200. The number of amides is 2. The Morgan fingerprint density at radius 2 is 1.81 bits per heavy atom. The van der Waals surface area contributed by atoms with Gasteiger partial charge >= 0.3 is 0 Å². The zero-order valence-corrected chi connectivity index (χ0v) is 15.6. The number of fused-ring (bicyclic) bond motifs is 1. The first-order valence-electron chi connectivity index (χ1n) is 8.16. The van der Waals surface area contributed by atoms with Crippen LogP contribution in [0, 0.1) is 19.7 Å². The minimum atomic E-state index is -0.338. The number of carbonyl (C=O) groups is 2. The Kier molecular flexibility index (Phi) is 5.04. The summed E-state index contributed by atoms with van der Waals surface area (Å²) in [4.78, 5) is 26.7. The summed E-state index contributed by atoms with van der Waals surface area (Å²) in [6.45, 7) is 3.62. The molecule has 0 unspecified atom stereocenters. The lowest BCUT2D eigenvalue weighted by Crippen LogP contribution is -2.34. The highest BCUT2D eigenvalue weighted by molar-refractivity contribution is 7.21. The van der Waals surface area contributed by atoms with Crippen molar-refractivity contribution in [2.24, 2.45) is 0 Å². The Balaban J connectivity index is 1.73. The summed E-state index contributed by atoms with van der Waals surface area (Å²) < 4.78 is 14.7. The van der Waals surface area contributed by atoms with Crippen molar-refractivity contribution in [1.29, 1.82) is 0 Å². The molecular weight excluding hydrogens is 351 g/mol. The van der Waals surface area contributed by atoms with Crippen LogP contribution in [0.15, 0.2) is 42.5 Å². The third-order valence-corrected chi connectivity index (χ3v) is 5.41. The zero-order valence-electron chi connectivity index (χ0n) is 14.8. The van der Waals surface area contributed by atoms with Crippen LogP contribution in [-0.4, -0.2) is 30.3 Å². The average Bonchev–Trinajstić information content (AvgIpc) is 2.94. The lowest BCUT2D eigenvalue weighted by atomic mass is 10.1. The van der Waals surface area contributed by atoms with Crippen LogP contribution in [0.25, 0.3) is 10.1 Å². The summed E-state index contributed by atoms with van der Waals surface area (Å²) in [7, 11) is 1.57. The van der Waals surface area contributed by atoms with Gasteiger partial charge < -0.3 is 10.2 Å². The number of nitrogens with zero attached hydrogens (tertiary/aromatic N) is 1. The molecule has 3 aromatic rings. The van der Waals surface area contributed by atoms with Crippen LogP contribution in [-0.2, 0) is 4.79 Å². The molecule has 6 heteroatoms. The van der Waals surface area contributed by atoms with Gasteiger partial charge in [-0.05, 0) is 43.7 Å². The van der Waals surface area contributed by atoms with Gasteiger partial charge in [-0.2, -0.15) is 0 Å². The normalized spacial score (nSPS) is 10.8. The van der Waals surface area contributed by atoms with E-state index in [2.05, 4.69) is 5.32 Å². The van der Waals surface area contributed by atoms with Gasteiger partial charge in [0.15, 0.2) is 0 Å². The maximum atomic E-state index is 14.0. The molecule has 0 aliphatic rings. The first-order chi connectivity index (χ1) is 12.4. The highest BCUT2D eigenvalue weighted by Crippen LogP contribution is 2.33. The molecule has 1 heterocycles. The van der Waals surface area contributed by atoms with E-state index in [-0.39, 0.29) is 24.2 Å². The van der Waals surface area contributed by atoms with Gasteiger partial charge in [0.2, 0.25) is 5.91 Å². The van der Waals surface area contributed by atoms with E-state index in [9.17, 15) is 14.0 Å². The molecule has 0 saturated heterocycles. The van der Waals surface area contributed by atoms with Crippen LogP contribution in [0.5, 0.6) is 0 Å². The van der Waals surface area contributed by atoms with Gasteiger partial charge in [-0.3, -0.25) is 9.59 Å². The largest absolute Gasteiger partial charge is 0.332 e. The van der Waals surface area contributed by atoms with Crippen LogP contribution in [0.4, 0.5) is 10.1 Å². The Hall–Kier alpha value is -2.73. The van der Waals surface area contributed by atoms with Crippen molar-refractivity contribution in [1.82, 2.24) is 4.90 Å². The maximum absolute atomic E-state index is 14.0. The van der Waals surface area contributed by atoms with Crippen molar-refractivity contribution in [2.45, 2.75) is 13.8 Å².